The summed E-state index contributed by atoms with van der Waals surface area (Å²) in [5, 5.41) is 19.3. The van der Waals surface area contributed by atoms with E-state index in [0.29, 0.717) is 32.7 Å². The fraction of sp³-hybridized carbons (Fsp3) is 0.812. The van der Waals surface area contributed by atoms with Crippen LogP contribution < -0.4 is 0 Å². The maximum absolute atomic E-state index is 12.7. The van der Waals surface area contributed by atoms with Crippen molar-refractivity contribution in [2.75, 3.05) is 46.4 Å². The minimum atomic E-state index is -1.29. The lowest BCUT2D eigenvalue weighted by Crippen LogP contribution is -2.59. The fourth-order valence-electron chi connectivity index (χ4n) is 3.67. The van der Waals surface area contributed by atoms with Gasteiger partial charge in [-0.15, -0.1) is 10.2 Å². The number of fused-ring (bicyclic) bond motifs is 1. The number of aliphatic hydroxyl groups is 1. The largest absolute Gasteiger partial charge is 0.383 e. The van der Waals surface area contributed by atoms with E-state index < -0.39 is 5.60 Å². The lowest BCUT2D eigenvalue weighted by molar-refractivity contribution is -0.160. The Morgan fingerprint density at radius 3 is 2.88 bits per heavy atom. The first kappa shape index (κ1) is 17.3. The van der Waals surface area contributed by atoms with Crippen molar-refractivity contribution in [1.82, 2.24) is 24.6 Å². The van der Waals surface area contributed by atoms with Crippen LogP contribution in [0.2, 0.25) is 0 Å². The van der Waals surface area contributed by atoms with Crippen LogP contribution in [0.5, 0.6) is 0 Å². The van der Waals surface area contributed by atoms with Crippen LogP contribution in [0.1, 0.15) is 24.5 Å². The summed E-state index contributed by atoms with van der Waals surface area (Å²) < 4.78 is 7.19. The third-order valence-corrected chi connectivity index (χ3v) is 5.06. The first-order valence-corrected chi connectivity index (χ1v) is 8.65. The van der Waals surface area contributed by atoms with E-state index in [9.17, 15) is 9.90 Å². The van der Waals surface area contributed by atoms with E-state index in [1.165, 1.54) is 0 Å². The zero-order chi connectivity index (χ0) is 17.2. The second-order valence-electron chi connectivity index (χ2n) is 6.76. The lowest BCUT2D eigenvalue weighted by Gasteiger charge is -2.40. The number of aryl methyl sites for hydroxylation is 1. The molecule has 24 heavy (non-hydrogen) atoms. The molecule has 3 heterocycles. The van der Waals surface area contributed by atoms with E-state index in [1.807, 2.05) is 6.92 Å². The molecule has 0 aromatic carbocycles. The van der Waals surface area contributed by atoms with Crippen molar-refractivity contribution < 1.29 is 14.6 Å². The van der Waals surface area contributed by atoms with Gasteiger partial charge in [-0.1, -0.05) is 0 Å². The highest BCUT2D eigenvalue weighted by atomic mass is 16.5. The van der Waals surface area contributed by atoms with Gasteiger partial charge in [0, 0.05) is 52.8 Å². The third kappa shape index (κ3) is 3.45. The minimum absolute atomic E-state index is 0.161. The van der Waals surface area contributed by atoms with Crippen LogP contribution in [0.15, 0.2) is 0 Å². The van der Waals surface area contributed by atoms with Crippen molar-refractivity contribution in [3.8, 4) is 0 Å². The quantitative estimate of drug-likeness (QED) is 0.776. The Balaban J connectivity index is 1.63. The average molecular weight is 337 g/mol. The minimum Gasteiger partial charge on any atom is -0.383 e. The summed E-state index contributed by atoms with van der Waals surface area (Å²) in [5.41, 5.74) is -1.29. The number of hydrogen-bond acceptors (Lipinski definition) is 6. The van der Waals surface area contributed by atoms with Gasteiger partial charge in [0.15, 0.2) is 5.60 Å². The number of rotatable bonds is 5. The fourth-order valence-corrected chi connectivity index (χ4v) is 3.67. The standard InChI is InChI=1S/C16H27N5O3/c1-13-17-18-14-4-7-19(8-9-21(13)14)12-16(23)5-3-6-20(15(16)22)10-11-24-2/h23H,3-12H2,1-2H3/t16-/m1/s1. The van der Waals surface area contributed by atoms with Gasteiger partial charge in [-0.05, 0) is 19.8 Å². The van der Waals surface area contributed by atoms with Gasteiger partial charge in [-0.3, -0.25) is 9.69 Å². The van der Waals surface area contributed by atoms with Crippen LogP contribution in [-0.2, 0) is 22.5 Å². The van der Waals surface area contributed by atoms with Crippen molar-refractivity contribution in [3.05, 3.63) is 11.6 Å². The summed E-state index contributed by atoms with van der Waals surface area (Å²) in [6, 6.07) is 0. The Kier molecular flexibility index (Phi) is 5.17. The van der Waals surface area contributed by atoms with E-state index in [2.05, 4.69) is 19.7 Å². The molecule has 1 aromatic rings. The van der Waals surface area contributed by atoms with Gasteiger partial charge in [-0.25, -0.2) is 0 Å². The molecule has 8 heteroatoms. The first-order chi connectivity index (χ1) is 11.5. The number of likely N-dealkylation sites (tertiary alicyclic amines) is 1. The number of nitrogens with zero attached hydrogens (tertiary/aromatic N) is 5. The molecule has 0 spiro atoms. The third-order valence-electron chi connectivity index (χ3n) is 5.06. The molecule has 1 aromatic heterocycles. The Hall–Kier alpha value is -1.51. The van der Waals surface area contributed by atoms with Gasteiger partial charge < -0.3 is 19.3 Å². The maximum atomic E-state index is 12.7. The van der Waals surface area contributed by atoms with Gasteiger partial charge in [0.25, 0.3) is 5.91 Å². The molecule has 1 N–H and O–H groups in total. The van der Waals surface area contributed by atoms with Gasteiger partial charge in [0.2, 0.25) is 0 Å². The van der Waals surface area contributed by atoms with Crippen LogP contribution in [0, 0.1) is 6.92 Å². The molecular weight excluding hydrogens is 310 g/mol. The summed E-state index contributed by atoms with van der Waals surface area (Å²) in [7, 11) is 1.62. The van der Waals surface area contributed by atoms with Crippen molar-refractivity contribution in [3.63, 3.8) is 0 Å². The highest BCUT2D eigenvalue weighted by Gasteiger charge is 2.43. The van der Waals surface area contributed by atoms with E-state index in [-0.39, 0.29) is 5.91 Å². The predicted octanol–water partition coefficient (Wildman–Crippen LogP) is -0.555. The molecule has 0 saturated carbocycles. The molecule has 1 amide bonds. The normalized spacial score (nSPS) is 25.6. The summed E-state index contributed by atoms with van der Waals surface area (Å²) in [5.74, 6) is 1.74. The molecule has 1 saturated heterocycles. The Labute approximate surface area is 142 Å². The molecular formula is C16H27N5O3. The van der Waals surface area contributed by atoms with E-state index >= 15 is 0 Å². The number of ether oxygens (including phenoxy) is 1. The van der Waals surface area contributed by atoms with Crippen LogP contribution >= 0.6 is 0 Å². The second kappa shape index (κ2) is 7.16. The van der Waals surface area contributed by atoms with Crippen molar-refractivity contribution in [2.24, 2.45) is 0 Å². The summed E-state index contributed by atoms with van der Waals surface area (Å²) in [6.07, 6.45) is 2.14. The van der Waals surface area contributed by atoms with Crippen LogP contribution in [0.4, 0.5) is 0 Å². The molecule has 0 unspecified atom stereocenters. The van der Waals surface area contributed by atoms with Gasteiger partial charge in [0.05, 0.1) is 6.61 Å². The van der Waals surface area contributed by atoms with Crippen LogP contribution in [0.3, 0.4) is 0 Å². The molecule has 0 bridgehead atoms. The monoisotopic (exact) mass is 337 g/mol. The smallest absolute Gasteiger partial charge is 0.255 e. The Morgan fingerprint density at radius 1 is 1.25 bits per heavy atom. The highest BCUT2D eigenvalue weighted by Crippen LogP contribution is 2.24. The number of β-amino-alcohol motifs (C(OH)–C–C–N with tert-alkyl or cyclic N) is 1. The molecule has 1 fully saturated rings. The van der Waals surface area contributed by atoms with Crippen molar-refractivity contribution in [2.45, 2.75) is 38.3 Å². The first-order valence-electron chi connectivity index (χ1n) is 8.65. The second-order valence-corrected chi connectivity index (χ2v) is 6.76. The number of hydrogen-bond donors (Lipinski definition) is 1. The molecule has 2 aliphatic rings. The molecule has 3 rings (SSSR count). The predicted molar refractivity (Wildman–Crippen MR) is 87.5 cm³/mol. The summed E-state index contributed by atoms with van der Waals surface area (Å²) in [4.78, 5) is 16.6. The zero-order valence-corrected chi connectivity index (χ0v) is 14.6. The number of piperidine rings is 1. The van der Waals surface area contributed by atoms with Gasteiger partial charge in [-0.2, -0.15) is 0 Å². The molecule has 1 atom stereocenters. The maximum Gasteiger partial charge on any atom is 0.255 e. The molecule has 2 aliphatic heterocycles. The summed E-state index contributed by atoms with van der Waals surface area (Å²) >= 11 is 0. The van der Waals surface area contributed by atoms with E-state index in [0.717, 1.165) is 44.1 Å². The average Bonchev–Trinajstić information content (AvgIpc) is 2.79. The van der Waals surface area contributed by atoms with E-state index in [4.69, 9.17) is 4.74 Å². The zero-order valence-electron chi connectivity index (χ0n) is 14.6. The highest BCUT2D eigenvalue weighted by molar-refractivity contribution is 5.86. The molecule has 8 nitrogen and oxygen atoms in total. The van der Waals surface area contributed by atoms with Gasteiger partial charge in [0.1, 0.15) is 11.6 Å². The molecule has 0 aliphatic carbocycles. The number of amides is 1. The van der Waals surface area contributed by atoms with Crippen LogP contribution in [-0.4, -0.2) is 87.6 Å². The summed E-state index contributed by atoms with van der Waals surface area (Å²) in [6.45, 7) is 6.45. The Morgan fingerprint density at radius 2 is 2.08 bits per heavy atom. The van der Waals surface area contributed by atoms with Crippen LogP contribution in [0.25, 0.3) is 0 Å². The van der Waals surface area contributed by atoms with Crippen molar-refractivity contribution >= 4 is 5.91 Å². The number of carbonyl (C=O) groups excluding carboxylic acids is 1. The molecule has 134 valence electrons. The number of carbonyl (C=O) groups is 1. The molecule has 0 radical (unpaired) electrons. The SMILES string of the molecule is COCCN1CCC[C@@](O)(CN2CCc3nnc(C)n3CC2)C1=O. The lowest BCUT2D eigenvalue weighted by atomic mass is 9.91. The Bertz CT molecular complexity index is 590. The number of methoxy groups -OCH3 is 1. The van der Waals surface area contributed by atoms with Crippen molar-refractivity contribution in [1.29, 1.82) is 0 Å². The number of aromatic nitrogens is 3. The topological polar surface area (TPSA) is 83.7 Å². The van der Waals surface area contributed by atoms with Gasteiger partial charge >= 0.3 is 0 Å². The van der Waals surface area contributed by atoms with E-state index in [1.54, 1.807) is 12.0 Å².